The fourth-order valence-electron chi connectivity index (χ4n) is 1.34. The zero-order chi connectivity index (χ0) is 12.3. The summed E-state index contributed by atoms with van der Waals surface area (Å²) in [5.41, 5.74) is 8.37. The summed E-state index contributed by atoms with van der Waals surface area (Å²) in [7, 11) is 1.54. The maximum absolute atomic E-state index is 11.8. The van der Waals surface area contributed by atoms with Crippen molar-refractivity contribution in [3.05, 3.63) is 34.8 Å². The van der Waals surface area contributed by atoms with Crippen molar-refractivity contribution < 1.29 is 9.53 Å². The molecule has 0 atom stereocenters. The monoisotopic (exact) mass is 249 g/mol. The minimum Gasteiger partial charge on any atom is -0.495 e. The topological polar surface area (TPSA) is 77.2 Å². The first kappa shape index (κ1) is 11.4. The van der Waals surface area contributed by atoms with Crippen molar-refractivity contribution >= 4 is 28.6 Å². The molecule has 2 rings (SSSR count). The Morgan fingerprint density at radius 2 is 2.35 bits per heavy atom. The summed E-state index contributed by atoms with van der Waals surface area (Å²) in [5, 5.41) is 2.73. The van der Waals surface area contributed by atoms with E-state index in [0.717, 1.165) is 0 Å². The van der Waals surface area contributed by atoms with E-state index < -0.39 is 0 Å². The highest BCUT2D eigenvalue weighted by Gasteiger charge is 2.11. The first-order chi connectivity index (χ1) is 8.20. The van der Waals surface area contributed by atoms with Crippen LogP contribution in [0.5, 0.6) is 5.75 Å². The van der Waals surface area contributed by atoms with Gasteiger partial charge in [-0.05, 0) is 18.2 Å². The number of benzene rings is 1. The lowest BCUT2D eigenvalue weighted by Crippen LogP contribution is -2.11. The van der Waals surface area contributed by atoms with Gasteiger partial charge >= 0.3 is 0 Å². The van der Waals surface area contributed by atoms with Crippen molar-refractivity contribution in [3.8, 4) is 5.75 Å². The van der Waals surface area contributed by atoms with Gasteiger partial charge in [-0.1, -0.05) is 0 Å². The van der Waals surface area contributed by atoms with Gasteiger partial charge in [-0.2, -0.15) is 0 Å². The van der Waals surface area contributed by atoms with Crippen LogP contribution in [-0.4, -0.2) is 18.0 Å². The van der Waals surface area contributed by atoms with Crippen LogP contribution in [-0.2, 0) is 0 Å². The summed E-state index contributed by atoms with van der Waals surface area (Å²) in [6.07, 6.45) is 1.51. The second-order valence-electron chi connectivity index (χ2n) is 3.28. The lowest BCUT2D eigenvalue weighted by atomic mass is 10.2. The molecule has 0 saturated carbocycles. The van der Waals surface area contributed by atoms with Gasteiger partial charge in [-0.3, -0.25) is 9.78 Å². The Morgan fingerprint density at radius 1 is 1.53 bits per heavy atom. The molecule has 6 heteroatoms. The van der Waals surface area contributed by atoms with Crippen LogP contribution in [0.3, 0.4) is 0 Å². The number of nitrogens with one attached hydrogen (secondary N) is 1. The predicted molar refractivity (Wildman–Crippen MR) is 67.5 cm³/mol. The van der Waals surface area contributed by atoms with Crippen molar-refractivity contribution in [1.29, 1.82) is 0 Å². The van der Waals surface area contributed by atoms with E-state index in [-0.39, 0.29) is 5.91 Å². The lowest BCUT2D eigenvalue weighted by molar-refractivity contribution is 0.103. The molecule has 88 valence electrons. The molecule has 0 aliphatic rings. The standard InChI is InChI=1S/C11H11N3O2S/c1-16-9-3-2-7(12)4-8(9)14-11(15)10-5-13-6-17-10/h2-6H,12H2,1H3,(H,14,15). The van der Waals surface area contributed by atoms with Gasteiger partial charge in [0.1, 0.15) is 10.6 Å². The molecule has 2 aromatic rings. The maximum atomic E-state index is 11.8. The third kappa shape index (κ3) is 2.54. The normalized spacial score (nSPS) is 9.94. The van der Waals surface area contributed by atoms with E-state index in [1.54, 1.807) is 23.7 Å². The molecule has 1 amide bonds. The number of nitrogen functional groups attached to an aromatic ring is 1. The quantitative estimate of drug-likeness (QED) is 0.815. The van der Waals surface area contributed by atoms with Crippen LogP contribution in [0.1, 0.15) is 9.67 Å². The molecule has 0 fully saturated rings. The zero-order valence-electron chi connectivity index (χ0n) is 9.14. The third-order valence-electron chi connectivity index (χ3n) is 2.13. The van der Waals surface area contributed by atoms with E-state index in [4.69, 9.17) is 10.5 Å². The molecular weight excluding hydrogens is 238 g/mol. The van der Waals surface area contributed by atoms with E-state index in [1.165, 1.54) is 24.6 Å². The summed E-state index contributed by atoms with van der Waals surface area (Å²) >= 11 is 1.27. The number of ether oxygens (including phenoxy) is 1. The summed E-state index contributed by atoms with van der Waals surface area (Å²) in [4.78, 5) is 16.2. The van der Waals surface area contributed by atoms with E-state index >= 15 is 0 Å². The number of nitrogens with two attached hydrogens (primary N) is 1. The summed E-state index contributed by atoms with van der Waals surface area (Å²) < 4.78 is 5.14. The van der Waals surface area contributed by atoms with E-state index in [0.29, 0.717) is 22.0 Å². The fraction of sp³-hybridized carbons (Fsp3) is 0.0909. The molecule has 0 saturated heterocycles. The summed E-state index contributed by atoms with van der Waals surface area (Å²) in [6, 6.07) is 5.07. The van der Waals surface area contributed by atoms with Gasteiger partial charge in [-0.15, -0.1) is 11.3 Å². The SMILES string of the molecule is COc1ccc(N)cc1NC(=O)c1cncs1. The Morgan fingerprint density at radius 3 is 3.00 bits per heavy atom. The average molecular weight is 249 g/mol. The Hall–Kier alpha value is -2.08. The Kier molecular flexibility index (Phi) is 3.24. The molecule has 1 aromatic heterocycles. The number of carbonyl (C=O) groups excluding carboxylic acids is 1. The number of thiazole rings is 1. The van der Waals surface area contributed by atoms with Gasteiger partial charge in [0.05, 0.1) is 24.5 Å². The van der Waals surface area contributed by atoms with Gasteiger partial charge in [0.25, 0.3) is 5.91 Å². The van der Waals surface area contributed by atoms with Crippen LogP contribution in [0.25, 0.3) is 0 Å². The minimum atomic E-state index is -0.226. The number of anilines is 2. The van der Waals surface area contributed by atoms with Gasteiger partial charge in [-0.25, -0.2) is 0 Å². The Balaban J connectivity index is 2.23. The zero-order valence-corrected chi connectivity index (χ0v) is 9.95. The number of nitrogens with zero attached hydrogens (tertiary/aromatic N) is 1. The third-order valence-corrected chi connectivity index (χ3v) is 2.90. The van der Waals surface area contributed by atoms with Crippen molar-refractivity contribution in [2.75, 3.05) is 18.2 Å². The van der Waals surface area contributed by atoms with Crippen molar-refractivity contribution in [2.45, 2.75) is 0 Å². The molecular formula is C11H11N3O2S. The van der Waals surface area contributed by atoms with E-state index in [1.807, 2.05) is 0 Å². The number of hydrogen-bond donors (Lipinski definition) is 2. The number of hydrogen-bond acceptors (Lipinski definition) is 5. The highest BCUT2D eigenvalue weighted by Crippen LogP contribution is 2.27. The molecule has 0 aliphatic carbocycles. The molecule has 3 N–H and O–H groups in total. The van der Waals surface area contributed by atoms with Crippen molar-refractivity contribution in [2.24, 2.45) is 0 Å². The van der Waals surface area contributed by atoms with Gasteiger partial charge in [0.2, 0.25) is 0 Å². The van der Waals surface area contributed by atoms with E-state index in [9.17, 15) is 4.79 Å². The van der Waals surface area contributed by atoms with Crippen molar-refractivity contribution in [1.82, 2.24) is 4.98 Å². The average Bonchev–Trinajstić information content (AvgIpc) is 2.83. The highest BCUT2D eigenvalue weighted by atomic mass is 32.1. The van der Waals surface area contributed by atoms with Crippen LogP contribution >= 0.6 is 11.3 Å². The molecule has 0 aliphatic heterocycles. The molecule has 0 spiro atoms. The number of rotatable bonds is 3. The largest absolute Gasteiger partial charge is 0.495 e. The van der Waals surface area contributed by atoms with Crippen molar-refractivity contribution in [3.63, 3.8) is 0 Å². The number of aromatic nitrogens is 1. The molecule has 1 heterocycles. The van der Waals surface area contributed by atoms with Crippen LogP contribution in [0.15, 0.2) is 29.9 Å². The molecule has 0 radical (unpaired) electrons. The van der Waals surface area contributed by atoms with Gasteiger partial charge < -0.3 is 15.8 Å². The van der Waals surface area contributed by atoms with Crippen LogP contribution in [0.4, 0.5) is 11.4 Å². The predicted octanol–water partition coefficient (Wildman–Crippen LogP) is 1.99. The molecule has 5 nitrogen and oxygen atoms in total. The Bertz CT molecular complexity index is 526. The summed E-state index contributed by atoms with van der Waals surface area (Å²) in [6.45, 7) is 0. The maximum Gasteiger partial charge on any atom is 0.267 e. The second-order valence-corrected chi connectivity index (χ2v) is 4.17. The molecule has 0 unspecified atom stereocenters. The minimum absolute atomic E-state index is 0.226. The second kappa shape index (κ2) is 4.84. The molecule has 0 bridgehead atoms. The lowest BCUT2D eigenvalue weighted by Gasteiger charge is -2.09. The number of carbonyl (C=O) groups is 1. The molecule has 17 heavy (non-hydrogen) atoms. The van der Waals surface area contributed by atoms with Crippen LogP contribution in [0, 0.1) is 0 Å². The van der Waals surface area contributed by atoms with Gasteiger partial charge in [0, 0.05) is 5.69 Å². The molecule has 1 aromatic carbocycles. The first-order valence-electron chi connectivity index (χ1n) is 4.84. The Labute approximate surface area is 102 Å². The smallest absolute Gasteiger partial charge is 0.267 e. The van der Waals surface area contributed by atoms with E-state index in [2.05, 4.69) is 10.3 Å². The number of methoxy groups -OCH3 is 1. The highest BCUT2D eigenvalue weighted by molar-refractivity contribution is 7.11. The van der Waals surface area contributed by atoms with Crippen LogP contribution in [0.2, 0.25) is 0 Å². The first-order valence-corrected chi connectivity index (χ1v) is 5.72. The van der Waals surface area contributed by atoms with Gasteiger partial charge in [0.15, 0.2) is 0 Å². The summed E-state index contributed by atoms with van der Waals surface area (Å²) in [5.74, 6) is 0.341. The van der Waals surface area contributed by atoms with Crippen LogP contribution < -0.4 is 15.8 Å². The fourth-order valence-corrected chi connectivity index (χ4v) is 1.85. The number of amides is 1.